The van der Waals surface area contributed by atoms with Crippen LogP contribution in [0.5, 0.6) is 0 Å². The molecule has 0 radical (unpaired) electrons. The summed E-state index contributed by atoms with van der Waals surface area (Å²) in [6.07, 6.45) is 0.358. The normalized spacial score (nSPS) is 14.0. The average Bonchev–Trinajstić information content (AvgIpc) is 2.47. The van der Waals surface area contributed by atoms with Crippen molar-refractivity contribution in [3.05, 3.63) is 62.5 Å². The van der Waals surface area contributed by atoms with E-state index in [0.29, 0.717) is 29.8 Å². The van der Waals surface area contributed by atoms with E-state index in [9.17, 15) is 9.59 Å². The highest BCUT2D eigenvalue weighted by atomic mass is 79.9. The first kappa shape index (κ1) is 14.5. The zero-order chi connectivity index (χ0) is 15.0. The fraction of sp³-hybridized carbons (Fsp3) is 0.125. The quantitative estimate of drug-likeness (QED) is 0.699. The Morgan fingerprint density at radius 1 is 1.10 bits per heavy atom. The fourth-order valence-electron chi connectivity index (χ4n) is 2.43. The van der Waals surface area contributed by atoms with Crippen LogP contribution in [0.15, 0.2) is 51.4 Å². The van der Waals surface area contributed by atoms with E-state index in [-0.39, 0.29) is 11.7 Å². The van der Waals surface area contributed by atoms with Crippen molar-refractivity contribution < 1.29 is 9.59 Å². The Bertz CT molecular complexity index is 743. The topological polar surface area (TPSA) is 37.4 Å². The molecule has 3 rings (SSSR count). The molecule has 5 heteroatoms. The number of para-hydroxylation sites is 1. The van der Waals surface area contributed by atoms with E-state index in [4.69, 9.17) is 0 Å². The van der Waals surface area contributed by atoms with E-state index < -0.39 is 0 Å². The van der Waals surface area contributed by atoms with E-state index in [2.05, 4.69) is 31.9 Å². The summed E-state index contributed by atoms with van der Waals surface area (Å²) in [6.45, 7) is 0.414. The van der Waals surface area contributed by atoms with Gasteiger partial charge in [-0.05, 0) is 46.3 Å². The van der Waals surface area contributed by atoms with Crippen LogP contribution in [0.3, 0.4) is 0 Å². The molecule has 21 heavy (non-hydrogen) atoms. The minimum atomic E-state index is -0.102. The van der Waals surface area contributed by atoms with Gasteiger partial charge >= 0.3 is 0 Å². The zero-order valence-electron chi connectivity index (χ0n) is 11.0. The molecule has 0 saturated heterocycles. The van der Waals surface area contributed by atoms with Crippen LogP contribution in [0.4, 0.5) is 5.69 Å². The second kappa shape index (κ2) is 5.73. The summed E-state index contributed by atoms with van der Waals surface area (Å²) < 4.78 is 1.64. The Morgan fingerprint density at radius 3 is 2.62 bits per heavy atom. The van der Waals surface area contributed by atoms with Crippen molar-refractivity contribution >= 4 is 49.2 Å². The van der Waals surface area contributed by atoms with Crippen LogP contribution < -0.4 is 4.90 Å². The number of hydrogen-bond acceptors (Lipinski definition) is 2. The van der Waals surface area contributed by atoms with Gasteiger partial charge in [0.05, 0.1) is 11.3 Å². The molecule has 0 aromatic heterocycles. The Kier molecular flexibility index (Phi) is 3.95. The third-order valence-corrected chi connectivity index (χ3v) is 4.61. The number of Topliss-reactive ketones (excluding diaryl/α,β-unsaturated/α-hetero) is 1. The molecule has 0 fully saturated rings. The standard InChI is InChI=1S/C16H11Br2NO2/c17-10-5-6-11(13(18)9-10)16(21)19-8-7-15(20)12-3-1-2-4-14(12)19/h1-6,9H,7-8H2. The maximum Gasteiger partial charge on any atom is 0.259 e. The van der Waals surface area contributed by atoms with Gasteiger partial charge in [0.2, 0.25) is 0 Å². The third-order valence-electron chi connectivity index (χ3n) is 3.46. The molecular weight excluding hydrogens is 398 g/mol. The maximum absolute atomic E-state index is 12.8. The van der Waals surface area contributed by atoms with Gasteiger partial charge in [0.15, 0.2) is 5.78 Å². The maximum atomic E-state index is 12.8. The number of anilines is 1. The van der Waals surface area contributed by atoms with Crippen LogP contribution in [0.2, 0.25) is 0 Å². The first-order valence-corrected chi connectivity index (χ1v) is 8.05. The molecule has 1 heterocycles. The van der Waals surface area contributed by atoms with Gasteiger partial charge in [0.1, 0.15) is 0 Å². The van der Waals surface area contributed by atoms with Gasteiger partial charge in [-0.25, -0.2) is 0 Å². The van der Waals surface area contributed by atoms with E-state index >= 15 is 0 Å². The van der Waals surface area contributed by atoms with Crippen LogP contribution in [0.25, 0.3) is 0 Å². The van der Waals surface area contributed by atoms with Gasteiger partial charge in [-0.15, -0.1) is 0 Å². The highest BCUT2D eigenvalue weighted by molar-refractivity contribution is 9.11. The molecule has 2 aromatic rings. The van der Waals surface area contributed by atoms with Gasteiger partial charge < -0.3 is 4.90 Å². The lowest BCUT2D eigenvalue weighted by molar-refractivity contribution is 0.0955. The van der Waals surface area contributed by atoms with Crippen molar-refractivity contribution in [2.24, 2.45) is 0 Å². The molecule has 3 nitrogen and oxygen atoms in total. The van der Waals surface area contributed by atoms with E-state index in [1.54, 1.807) is 17.0 Å². The largest absolute Gasteiger partial charge is 0.307 e. The molecule has 0 saturated carbocycles. The van der Waals surface area contributed by atoms with Crippen LogP contribution in [0.1, 0.15) is 27.1 Å². The number of rotatable bonds is 1. The molecule has 0 atom stereocenters. The summed E-state index contributed by atoms with van der Waals surface area (Å²) in [5, 5.41) is 0. The zero-order valence-corrected chi connectivity index (χ0v) is 14.1. The van der Waals surface area contributed by atoms with Crippen LogP contribution in [0, 0.1) is 0 Å². The summed E-state index contributed by atoms with van der Waals surface area (Å²) in [5.41, 5.74) is 1.89. The number of carbonyl (C=O) groups excluding carboxylic acids is 2. The number of nitrogens with zero attached hydrogens (tertiary/aromatic N) is 1. The first-order valence-electron chi connectivity index (χ1n) is 6.47. The number of amides is 1. The van der Waals surface area contributed by atoms with Gasteiger partial charge in [-0.2, -0.15) is 0 Å². The van der Waals surface area contributed by atoms with Crippen LogP contribution in [-0.4, -0.2) is 18.2 Å². The van der Waals surface area contributed by atoms with Crippen molar-refractivity contribution in [2.45, 2.75) is 6.42 Å². The summed E-state index contributed by atoms with van der Waals surface area (Å²) in [7, 11) is 0. The summed E-state index contributed by atoms with van der Waals surface area (Å²) in [4.78, 5) is 26.4. The van der Waals surface area contributed by atoms with Crippen molar-refractivity contribution in [3.63, 3.8) is 0 Å². The van der Waals surface area contributed by atoms with Crippen LogP contribution in [-0.2, 0) is 0 Å². The molecule has 2 aromatic carbocycles. The highest BCUT2D eigenvalue weighted by Crippen LogP contribution is 2.30. The van der Waals surface area contributed by atoms with Gasteiger partial charge in [0.25, 0.3) is 5.91 Å². The third kappa shape index (κ3) is 2.68. The summed E-state index contributed by atoms with van der Waals surface area (Å²) in [6, 6.07) is 12.7. The fourth-order valence-corrected chi connectivity index (χ4v) is 3.65. The number of hydrogen-bond donors (Lipinski definition) is 0. The van der Waals surface area contributed by atoms with E-state index in [1.165, 1.54) is 0 Å². The Balaban J connectivity index is 2.03. The van der Waals surface area contributed by atoms with Crippen molar-refractivity contribution in [1.29, 1.82) is 0 Å². The Labute approximate surface area is 139 Å². The van der Waals surface area contributed by atoms with Crippen molar-refractivity contribution in [2.75, 3.05) is 11.4 Å². The lowest BCUT2D eigenvalue weighted by Gasteiger charge is -2.29. The SMILES string of the molecule is O=C1CCN(C(=O)c2ccc(Br)cc2Br)c2ccccc21. The second-order valence-corrected chi connectivity index (χ2v) is 6.54. The molecule has 0 aliphatic carbocycles. The monoisotopic (exact) mass is 407 g/mol. The lowest BCUT2D eigenvalue weighted by atomic mass is 9.99. The van der Waals surface area contributed by atoms with E-state index in [0.717, 1.165) is 8.95 Å². The molecule has 1 aliphatic rings. The van der Waals surface area contributed by atoms with Crippen molar-refractivity contribution in [1.82, 2.24) is 0 Å². The Hall–Kier alpha value is -1.46. The summed E-state index contributed by atoms with van der Waals surface area (Å²) in [5.74, 6) is -0.0150. The molecule has 106 valence electrons. The smallest absolute Gasteiger partial charge is 0.259 e. The minimum Gasteiger partial charge on any atom is -0.307 e. The van der Waals surface area contributed by atoms with Gasteiger partial charge in [0, 0.05) is 27.5 Å². The Morgan fingerprint density at radius 2 is 1.86 bits per heavy atom. The predicted molar refractivity (Wildman–Crippen MR) is 88.9 cm³/mol. The molecule has 1 aliphatic heterocycles. The van der Waals surface area contributed by atoms with Gasteiger partial charge in [-0.1, -0.05) is 28.1 Å². The molecule has 0 spiro atoms. The molecular formula is C16H11Br2NO2. The predicted octanol–water partition coefficient (Wildman–Crippen LogP) is 4.44. The number of carbonyl (C=O) groups is 2. The molecule has 0 unspecified atom stereocenters. The summed E-state index contributed by atoms with van der Waals surface area (Å²) >= 11 is 6.80. The lowest BCUT2D eigenvalue weighted by Crippen LogP contribution is -2.37. The second-order valence-electron chi connectivity index (χ2n) is 4.77. The molecule has 1 amide bonds. The first-order chi connectivity index (χ1) is 10.1. The van der Waals surface area contributed by atoms with E-state index in [1.807, 2.05) is 30.3 Å². The number of fused-ring (bicyclic) bond motifs is 1. The number of halogens is 2. The molecule has 0 bridgehead atoms. The van der Waals surface area contributed by atoms with Gasteiger partial charge in [-0.3, -0.25) is 9.59 Å². The minimum absolute atomic E-state index is 0.0875. The van der Waals surface area contributed by atoms with Crippen molar-refractivity contribution in [3.8, 4) is 0 Å². The molecule has 0 N–H and O–H groups in total. The average molecular weight is 409 g/mol. The number of ketones is 1. The highest BCUT2D eigenvalue weighted by Gasteiger charge is 2.28. The van der Waals surface area contributed by atoms with Crippen LogP contribution >= 0.6 is 31.9 Å². The number of benzene rings is 2.